The number of aryl methyl sites for hydroxylation is 1. The first-order valence-electron chi connectivity index (χ1n) is 4.64. The van der Waals surface area contributed by atoms with Gasteiger partial charge in [-0.25, -0.2) is 13.1 Å². The second kappa shape index (κ2) is 5.22. The van der Waals surface area contributed by atoms with Gasteiger partial charge in [0.2, 0.25) is 10.0 Å². The van der Waals surface area contributed by atoms with Crippen LogP contribution in [-0.4, -0.2) is 18.7 Å². The van der Waals surface area contributed by atoms with Gasteiger partial charge in [0.25, 0.3) is 0 Å². The summed E-state index contributed by atoms with van der Waals surface area (Å²) in [5.41, 5.74) is 7.37. The van der Waals surface area contributed by atoms with E-state index < -0.39 is 15.3 Å². The van der Waals surface area contributed by atoms with Crippen molar-refractivity contribution >= 4 is 38.6 Å². The first-order valence-corrected chi connectivity index (χ1v) is 7.54. The minimum atomic E-state index is -3.46. The van der Waals surface area contributed by atoms with Gasteiger partial charge in [0.15, 0.2) is 0 Å². The minimum Gasteiger partial charge on any atom is -0.392 e. The third-order valence-corrected chi connectivity index (χ3v) is 5.44. The van der Waals surface area contributed by atoms with Crippen LogP contribution in [0, 0.1) is 6.92 Å². The number of nitrogens with one attached hydrogen (secondary N) is 1. The lowest BCUT2D eigenvalue weighted by Crippen LogP contribution is -2.39. The highest BCUT2D eigenvalue weighted by atomic mass is 32.2. The number of hydrogen-bond acceptors (Lipinski definition) is 4. The van der Waals surface area contributed by atoms with Gasteiger partial charge in [-0.2, -0.15) is 11.3 Å². The Morgan fingerprint density at radius 2 is 2.25 bits per heavy atom. The van der Waals surface area contributed by atoms with E-state index in [1.165, 1.54) is 6.92 Å². The lowest BCUT2D eigenvalue weighted by atomic mass is 10.2. The molecule has 1 heterocycles. The number of hydrogen-bond donors (Lipinski definition) is 2. The predicted octanol–water partition coefficient (Wildman–Crippen LogP) is 1.15. The van der Waals surface area contributed by atoms with Crippen molar-refractivity contribution in [2.45, 2.75) is 25.6 Å². The third-order valence-electron chi connectivity index (χ3n) is 2.29. The SMILES string of the molecule is Cc1cscc1CNS(=O)(=O)C(C)C(N)=S. The van der Waals surface area contributed by atoms with Gasteiger partial charge in [0.1, 0.15) is 5.25 Å². The molecule has 0 fully saturated rings. The Labute approximate surface area is 105 Å². The molecule has 16 heavy (non-hydrogen) atoms. The Bertz CT molecular complexity index is 479. The molecule has 0 saturated carbocycles. The second-order valence-electron chi connectivity index (χ2n) is 3.49. The molecule has 1 unspecified atom stereocenters. The molecule has 1 rings (SSSR count). The van der Waals surface area contributed by atoms with Gasteiger partial charge >= 0.3 is 0 Å². The molecule has 4 nitrogen and oxygen atoms in total. The smallest absolute Gasteiger partial charge is 0.221 e. The minimum absolute atomic E-state index is 0.0189. The maximum atomic E-state index is 11.7. The molecule has 0 aromatic carbocycles. The highest BCUT2D eigenvalue weighted by Crippen LogP contribution is 2.13. The number of nitrogens with two attached hydrogens (primary N) is 1. The van der Waals surface area contributed by atoms with Crippen molar-refractivity contribution in [2.75, 3.05) is 0 Å². The highest BCUT2D eigenvalue weighted by molar-refractivity contribution is 7.93. The van der Waals surface area contributed by atoms with E-state index in [0.29, 0.717) is 0 Å². The van der Waals surface area contributed by atoms with E-state index in [2.05, 4.69) is 16.9 Å². The van der Waals surface area contributed by atoms with Crippen molar-refractivity contribution in [1.82, 2.24) is 4.72 Å². The number of thiocarbonyl (C=S) groups is 1. The van der Waals surface area contributed by atoms with Gasteiger partial charge in [0.05, 0.1) is 4.99 Å². The van der Waals surface area contributed by atoms with Crippen LogP contribution in [0.15, 0.2) is 10.8 Å². The second-order valence-corrected chi connectivity index (χ2v) is 6.79. The maximum absolute atomic E-state index is 11.7. The van der Waals surface area contributed by atoms with Crippen LogP contribution in [0.2, 0.25) is 0 Å². The van der Waals surface area contributed by atoms with E-state index in [1.807, 2.05) is 17.7 Å². The van der Waals surface area contributed by atoms with E-state index in [1.54, 1.807) is 11.3 Å². The predicted molar refractivity (Wildman–Crippen MR) is 71.1 cm³/mol. The molecule has 1 aromatic heterocycles. The van der Waals surface area contributed by atoms with Crippen molar-refractivity contribution in [1.29, 1.82) is 0 Å². The van der Waals surface area contributed by atoms with Crippen molar-refractivity contribution in [3.05, 3.63) is 21.9 Å². The Morgan fingerprint density at radius 1 is 1.62 bits per heavy atom. The van der Waals surface area contributed by atoms with Crippen LogP contribution in [0.5, 0.6) is 0 Å². The van der Waals surface area contributed by atoms with Gasteiger partial charge < -0.3 is 5.73 Å². The Morgan fingerprint density at radius 3 is 2.69 bits per heavy atom. The van der Waals surface area contributed by atoms with Crippen LogP contribution in [0.3, 0.4) is 0 Å². The summed E-state index contributed by atoms with van der Waals surface area (Å²) in [5, 5.41) is 3.05. The van der Waals surface area contributed by atoms with Crippen molar-refractivity contribution in [3.63, 3.8) is 0 Å². The van der Waals surface area contributed by atoms with Gasteiger partial charge in [-0.3, -0.25) is 0 Å². The lowest BCUT2D eigenvalue weighted by Gasteiger charge is -2.12. The molecule has 90 valence electrons. The van der Waals surface area contributed by atoms with E-state index in [-0.39, 0.29) is 11.5 Å². The van der Waals surface area contributed by atoms with Crippen molar-refractivity contribution in [3.8, 4) is 0 Å². The molecule has 0 amide bonds. The molecule has 1 aromatic rings. The fourth-order valence-corrected chi connectivity index (χ4v) is 3.17. The number of sulfonamides is 1. The first-order chi connectivity index (χ1) is 7.34. The molecule has 0 saturated heterocycles. The van der Waals surface area contributed by atoms with E-state index in [0.717, 1.165) is 11.1 Å². The number of thiophene rings is 1. The summed E-state index contributed by atoms with van der Waals surface area (Å²) in [7, 11) is -3.46. The van der Waals surface area contributed by atoms with Crippen LogP contribution in [-0.2, 0) is 16.6 Å². The molecule has 0 spiro atoms. The zero-order chi connectivity index (χ0) is 12.3. The summed E-state index contributed by atoms with van der Waals surface area (Å²) in [4.78, 5) is -0.0189. The fourth-order valence-electron chi connectivity index (χ4n) is 1.02. The lowest BCUT2D eigenvalue weighted by molar-refractivity contribution is 0.578. The largest absolute Gasteiger partial charge is 0.392 e. The van der Waals surface area contributed by atoms with E-state index in [9.17, 15) is 8.42 Å². The van der Waals surface area contributed by atoms with Gasteiger partial charge in [-0.1, -0.05) is 12.2 Å². The standard InChI is InChI=1S/C9H14N2O2S3/c1-6-4-15-5-8(6)3-11-16(12,13)7(2)9(10)14/h4-5,7,11H,3H2,1-2H3,(H2,10,14). The summed E-state index contributed by atoms with van der Waals surface area (Å²) in [6, 6.07) is 0. The molecule has 1 atom stereocenters. The quantitative estimate of drug-likeness (QED) is 0.793. The summed E-state index contributed by atoms with van der Waals surface area (Å²) in [6.45, 7) is 3.70. The average molecular weight is 278 g/mol. The van der Waals surface area contributed by atoms with Crippen molar-refractivity contribution in [2.24, 2.45) is 5.73 Å². The normalized spacial score (nSPS) is 13.6. The Hall–Kier alpha value is -0.500. The molecular formula is C9H14N2O2S3. The summed E-state index contributed by atoms with van der Waals surface area (Å²) in [5.74, 6) is 0. The summed E-state index contributed by atoms with van der Waals surface area (Å²) >= 11 is 6.21. The average Bonchev–Trinajstić information content (AvgIpc) is 2.60. The number of rotatable bonds is 5. The zero-order valence-electron chi connectivity index (χ0n) is 9.06. The molecule has 0 aliphatic rings. The maximum Gasteiger partial charge on any atom is 0.221 e. The van der Waals surface area contributed by atoms with Crippen LogP contribution in [0.1, 0.15) is 18.1 Å². The molecule has 0 aliphatic carbocycles. The monoisotopic (exact) mass is 278 g/mol. The molecule has 0 bridgehead atoms. The summed E-state index contributed by atoms with van der Waals surface area (Å²) < 4.78 is 25.9. The van der Waals surface area contributed by atoms with Crippen LogP contribution in [0.25, 0.3) is 0 Å². The van der Waals surface area contributed by atoms with Crippen LogP contribution >= 0.6 is 23.6 Å². The zero-order valence-corrected chi connectivity index (χ0v) is 11.5. The summed E-state index contributed by atoms with van der Waals surface area (Å²) in [6.07, 6.45) is 0. The Kier molecular flexibility index (Phi) is 4.43. The molecule has 0 aliphatic heterocycles. The molecule has 0 radical (unpaired) electrons. The highest BCUT2D eigenvalue weighted by Gasteiger charge is 2.22. The topological polar surface area (TPSA) is 72.2 Å². The third kappa shape index (κ3) is 3.24. The van der Waals surface area contributed by atoms with E-state index >= 15 is 0 Å². The molecular weight excluding hydrogens is 264 g/mol. The molecule has 7 heteroatoms. The van der Waals surface area contributed by atoms with Gasteiger partial charge in [0, 0.05) is 6.54 Å². The van der Waals surface area contributed by atoms with Crippen LogP contribution in [0.4, 0.5) is 0 Å². The van der Waals surface area contributed by atoms with E-state index in [4.69, 9.17) is 5.73 Å². The first kappa shape index (κ1) is 13.6. The fraction of sp³-hybridized carbons (Fsp3) is 0.444. The van der Waals surface area contributed by atoms with Gasteiger partial charge in [-0.15, -0.1) is 0 Å². The van der Waals surface area contributed by atoms with Crippen LogP contribution < -0.4 is 10.5 Å². The van der Waals surface area contributed by atoms with Gasteiger partial charge in [-0.05, 0) is 35.7 Å². The molecule has 3 N–H and O–H groups in total. The van der Waals surface area contributed by atoms with Crippen molar-refractivity contribution < 1.29 is 8.42 Å². The Balaban J connectivity index is 2.69.